The van der Waals surface area contributed by atoms with Crippen LogP contribution in [0, 0.1) is 0 Å². The predicted molar refractivity (Wildman–Crippen MR) is 114 cm³/mol. The summed E-state index contributed by atoms with van der Waals surface area (Å²) >= 11 is 6.06. The number of nitrogens with one attached hydrogen (secondary N) is 1. The molecule has 0 atom stereocenters. The van der Waals surface area contributed by atoms with Gasteiger partial charge in [-0.15, -0.1) is 0 Å². The minimum Gasteiger partial charge on any atom is -0.490 e. The van der Waals surface area contributed by atoms with Gasteiger partial charge in [-0.1, -0.05) is 23.7 Å². The van der Waals surface area contributed by atoms with Gasteiger partial charge in [0.05, 0.1) is 13.2 Å². The van der Waals surface area contributed by atoms with Crippen LogP contribution < -0.4 is 14.8 Å². The highest BCUT2D eigenvalue weighted by Crippen LogP contribution is 2.35. The lowest BCUT2D eigenvalue weighted by atomic mass is 9.74. The summed E-state index contributed by atoms with van der Waals surface area (Å²) in [6, 6.07) is 13.2. The molecule has 5 nitrogen and oxygen atoms in total. The summed E-state index contributed by atoms with van der Waals surface area (Å²) in [5.74, 6) is 1.10. The number of amides is 1. The van der Waals surface area contributed by atoms with Gasteiger partial charge in [0.2, 0.25) is 0 Å². The first kappa shape index (κ1) is 21.5. The second-order valence-corrected chi connectivity index (χ2v) is 7.55. The molecule has 1 aliphatic heterocycles. The van der Waals surface area contributed by atoms with E-state index in [0.29, 0.717) is 55.1 Å². The number of hydrogen-bond acceptors (Lipinski definition) is 4. The average Bonchev–Trinajstić information content (AvgIpc) is 2.75. The maximum atomic E-state index is 12.9. The third-order valence-corrected chi connectivity index (χ3v) is 5.55. The van der Waals surface area contributed by atoms with Crippen molar-refractivity contribution in [3.63, 3.8) is 0 Å². The van der Waals surface area contributed by atoms with Crippen LogP contribution in [0.2, 0.25) is 5.02 Å². The average molecular weight is 418 g/mol. The molecule has 0 bridgehead atoms. The Hall–Kier alpha value is -2.24. The molecule has 1 amide bonds. The van der Waals surface area contributed by atoms with Crippen molar-refractivity contribution in [2.75, 3.05) is 33.0 Å². The second-order valence-electron chi connectivity index (χ2n) is 7.11. The lowest BCUT2D eigenvalue weighted by Crippen LogP contribution is -2.44. The second kappa shape index (κ2) is 9.99. The van der Waals surface area contributed by atoms with Crippen molar-refractivity contribution in [2.45, 2.75) is 32.1 Å². The Kier molecular flexibility index (Phi) is 7.40. The molecule has 2 aromatic rings. The van der Waals surface area contributed by atoms with Crippen LogP contribution in [-0.2, 0) is 10.2 Å². The maximum Gasteiger partial charge on any atom is 0.251 e. The lowest BCUT2D eigenvalue weighted by molar-refractivity contribution is 0.0487. The first-order valence-electron chi connectivity index (χ1n) is 10.1. The minimum absolute atomic E-state index is 0.131. The number of halogens is 1. The van der Waals surface area contributed by atoms with Crippen LogP contribution in [0.5, 0.6) is 11.5 Å². The normalized spacial score (nSPS) is 15.6. The number of carbonyl (C=O) groups is 1. The lowest BCUT2D eigenvalue weighted by Gasteiger charge is -2.38. The van der Waals surface area contributed by atoms with Crippen molar-refractivity contribution in [3.05, 3.63) is 58.6 Å². The van der Waals surface area contributed by atoms with Crippen molar-refractivity contribution in [1.82, 2.24) is 5.32 Å². The maximum absolute atomic E-state index is 12.9. The molecular formula is C23H28ClNO4. The van der Waals surface area contributed by atoms with Gasteiger partial charge in [0.1, 0.15) is 0 Å². The van der Waals surface area contributed by atoms with Gasteiger partial charge in [0.15, 0.2) is 11.5 Å². The smallest absolute Gasteiger partial charge is 0.251 e. The van der Waals surface area contributed by atoms with Crippen LogP contribution in [0.25, 0.3) is 0 Å². The quantitative estimate of drug-likeness (QED) is 0.681. The summed E-state index contributed by atoms with van der Waals surface area (Å²) in [5.41, 5.74) is 1.56. The third kappa shape index (κ3) is 5.22. The van der Waals surface area contributed by atoms with Gasteiger partial charge in [-0.25, -0.2) is 0 Å². The van der Waals surface area contributed by atoms with Crippen molar-refractivity contribution < 1.29 is 19.0 Å². The van der Waals surface area contributed by atoms with E-state index in [9.17, 15) is 4.79 Å². The van der Waals surface area contributed by atoms with Crippen LogP contribution in [-0.4, -0.2) is 38.9 Å². The van der Waals surface area contributed by atoms with Crippen LogP contribution in [0.4, 0.5) is 0 Å². The standard InChI is InChI=1S/C23H28ClNO4/c1-3-28-20-10-5-17(15-21(20)29-4-2)22(26)25-16-23(11-13-27-14-12-23)18-6-8-19(24)9-7-18/h5-10,15H,3-4,11-14,16H2,1-2H3,(H,25,26). The van der Waals surface area contributed by atoms with E-state index >= 15 is 0 Å². The van der Waals surface area contributed by atoms with Gasteiger partial charge < -0.3 is 19.5 Å². The molecule has 29 heavy (non-hydrogen) atoms. The first-order chi connectivity index (χ1) is 14.1. The largest absolute Gasteiger partial charge is 0.490 e. The van der Waals surface area contributed by atoms with Crippen molar-refractivity contribution >= 4 is 17.5 Å². The molecule has 0 saturated carbocycles. The van der Waals surface area contributed by atoms with Gasteiger partial charge in [0, 0.05) is 35.8 Å². The molecule has 0 spiro atoms. The topological polar surface area (TPSA) is 56.8 Å². The van der Waals surface area contributed by atoms with Gasteiger partial charge in [-0.3, -0.25) is 4.79 Å². The number of rotatable bonds is 8. The summed E-state index contributed by atoms with van der Waals surface area (Å²) in [5, 5.41) is 3.83. The highest BCUT2D eigenvalue weighted by molar-refractivity contribution is 6.30. The molecule has 1 heterocycles. The van der Waals surface area contributed by atoms with Crippen LogP contribution in [0.1, 0.15) is 42.6 Å². The van der Waals surface area contributed by atoms with Crippen molar-refractivity contribution in [1.29, 1.82) is 0 Å². The van der Waals surface area contributed by atoms with E-state index < -0.39 is 0 Å². The zero-order valence-electron chi connectivity index (χ0n) is 17.0. The van der Waals surface area contributed by atoms with E-state index in [1.807, 2.05) is 38.1 Å². The Morgan fingerprint density at radius 2 is 1.69 bits per heavy atom. The molecule has 6 heteroatoms. The van der Waals surface area contributed by atoms with Crippen LogP contribution in [0.15, 0.2) is 42.5 Å². The van der Waals surface area contributed by atoms with E-state index in [2.05, 4.69) is 5.32 Å². The monoisotopic (exact) mass is 417 g/mol. The molecule has 0 aliphatic carbocycles. The van der Waals surface area contributed by atoms with E-state index in [0.717, 1.165) is 12.8 Å². The Morgan fingerprint density at radius 3 is 2.34 bits per heavy atom. The van der Waals surface area contributed by atoms with Gasteiger partial charge in [-0.2, -0.15) is 0 Å². The molecule has 156 valence electrons. The first-order valence-corrected chi connectivity index (χ1v) is 10.5. The SMILES string of the molecule is CCOc1ccc(C(=O)NCC2(c3ccc(Cl)cc3)CCOCC2)cc1OCC. The predicted octanol–water partition coefficient (Wildman–Crippen LogP) is 4.62. The molecule has 2 aromatic carbocycles. The molecule has 0 unspecified atom stereocenters. The zero-order valence-corrected chi connectivity index (χ0v) is 17.8. The van der Waals surface area contributed by atoms with Crippen LogP contribution in [0.3, 0.4) is 0 Å². The molecular weight excluding hydrogens is 390 g/mol. The fraction of sp³-hybridized carbons (Fsp3) is 0.435. The summed E-state index contributed by atoms with van der Waals surface area (Å²) in [6.45, 7) is 6.76. The van der Waals surface area contributed by atoms with E-state index in [-0.39, 0.29) is 11.3 Å². The Balaban J connectivity index is 1.76. The highest BCUT2D eigenvalue weighted by Gasteiger charge is 2.35. The fourth-order valence-electron chi connectivity index (χ4n) is 3.68. The van der Waals surface area contributed by atoms with Gasteiger partial charge in [-0.05, 0) is 62.6 Å². The van der Waals surface area contributed by atoms with Crippen molar-refractivity contribution in [2.24, 2.45) is 0 Å². The molecule has 3 rings (SSSR count). The van der Waals surface area contributed by atoms with E-state index in [1.165, 1.54) is 5.56 Å². The van der Waals surface area contributed by atoms with E-state index in [4.69, 9.17) is 25.8 Å². The summed E-state index contributed by atoms with van der Waals surface area (Å²) in [7, 11) is 0. The minimum atomic E-state index is -0.160. The van der Waals surface area contributed by atoms with Crippen molar-refractivity contribution in [3.8, 4) is 11.5 Å². The summed E-state index contributed by atoms with van der Waals surface area (Å²) in [6.07, 6.45) is 1.70. The van der Waals surface area contributed by atoms with Gasteiger partial charge >= 0.3 is 0 Å². The molecule has 0 radical (unpaired) electrons. The summed E-state index contributed by atoms with van der Waals surface area (Å²) < 4.78 is 16.8. The molecule has 0 aromatic heterocycles. The molecule has 1 aliphatic rings. The molecule has 1 N–H and O–H groups in total. The molecule has 1 saturated heterocycles. The van der Waals surface area contributed by atoms with Gasteiger partial charge in [0.25, 0.3) is 5.91 Å². The number of carbonyl (C=O) groups excluding carboxylic acids is 1. The Labute approximate surface area is 177 Å². The summed E-state index contributed by atoms with van der Waals surface area (Å²) in [4.78, 5) is 12.9. The number of benzene rings is 2. The zero-order chi connectivity index (χ0) is 20.7. The van der Waals surface area contributed by atoms with Crippen LogP contribution >= 0.6 is 11.6 Å². The Bertz CT molecular complexity index is 816. The third-order valence-electron chi connectivity index (χ3n) is 5.30. The van der Waals surface area contributed by atoms with E-state index in [1.54, 1.807) is 18.2 Å². The number of ether oxygens (including phenoxy) is 3. The number of hydrogen-bond donors (Lipinski definition) is 1. The molecule has 1 fully saturated rings. The highest BCUT2D eigenvalue weighted by atomic mass is 35.5. The fourth-order valence-corrected chi connectivity index (χ4v) is 3.80. The Morgan fingerprint density at radius 1 is 1.03 bits per heavy atom.